The molecule has 3 rings (SSSR count). The van der Waals surface area contributed by atoms with Crippen molar-refractivity contribution >= 4 is 31.8 Å². The summed E-state index contributed by atoms with van der Waals surface area (Å²) in [5, 5.41) is 5.30. The van der Waals surface area contributed by atoms with Crippen LogP contribution in [-0.4, -0.2) is 33.1 Å². The molecular formula is C15H16BrN3O3S. The molecule has 1 aliphatic heterocycles. The van der Waals surface area contributed by atoms with Gasteiger partial charge >= 0.3 is 0 Å². The van der Waals surface area contributed by atoms with Gasteiger partial charge in [0.1, 0.15) is 16.8 Å². The van der Waals surface area contributed by atoms with Crippen LogP contribution in [0.5, 0.6) is 0 Å². The molecule has 1 aromatic heterocycles. The highest BCUT2D eigenvalue weighted by Gasteiger charge is 2.27. The molecule has 1 saturated heterocycles. The van der Waals surface area contributed by atoms with Gasteiger partial charge in [-0.05, 0) is 23.8 Å². The molecule has 122 valence electrons. The van der Waals surface area contributed by atoms with Gasteiger partial charge in [-0.15, -0.1) is 0 Å². The Labute approximate surface area is 143 Å². The number of halogens is 1. The minimum atomic E-state index is -3.83. The van der Waals surface area contributed by atoms with Crippen molar-refractivity contribution < 1.29 is 13.2 Å². The summed E-state index contributed by atoms with van der Waals surface area (Å²) in [6.45, 7) is 1.54. The zero-order valence-electron chi connectivity index (χ0n) is 12.2. The minimum absolute atomic E-state index is 0.0350. The van der Waals surface area contributed by atoms with Crippen molar-refractivity contribution in [2.75, 3.05) is 24.6 Å². The van der Waals surface area contributed by atoms with Crippen LogP contribution in [0.25, 0.3) is 0 Å². The van der Waals surface area contributed by atoms with Crippen LogP contribution in [0.4, 0.5) is 5.82 Å². The van der Waals surface area contributed by atoms with E-state index in [9.17, 15) is 8.42 Å². The fourth-order valence-corrected chi connectivity index (χ4v) is 3.85. The van der Waals surface area contributed by atoms with Gasteiger partial charge in [0.25, 0.3) is 0 Å². The Morgan fingerprint density at radius 1 is 1.26 bits per heavy atom. The summed E-state index contributed by atoms with van der Waals surface area (Å²) < 4.78 is 30.3. The predicted octanol–water partition coefficient (Wildman–Crippen LogP) is 2.07. The van der Waals surface area contributed by atoms with Crippen molar-refractivity contribution in [3.63, 3.8) is 0 Å². The number of nitrogens with zero attached hydrogens (tertiary/aromatic N) is 2. The van der Waals surface area contributed by atoms with Crippen LogP contribution < -0.4 is 10.0 Å². The molecule has 1 aliphatic rings. The standard InChI is InChI=1S/C15H16BrN3O3S/c16-12-5-2-1-4-11(12)13-10-19(8-9-22-13)15-14(23(17,20)21)6-3-7-18-15/h1-7,13H,8-10H2,(H2,17,20,21)/t13-/m1/s1. The van der Waals surface area contributed by atoms with Gasteiger partial charge in [0, 0.05) is 23.8 Å². The van der Waals surface area contributed by atoms with E-state index < -0.39 is 10.0 Å². The number of anilines is 1. The first-order valence-electron chi connectivity index (χ1n) is 7.05. The Morgan fingerprint density at radius 2 is 2.04 bits per heavy atom. The van der Waals surface area contributed by atoms with Crippen LogP contribution in [0, 0.1) is 0 Å². The lowest BCUT2D eigenvalue weighted by Gasteiger charge is -2.34. The van der Waals surface area contributed by atoms with Crippen LogP contribution in [0.3, 0.4) is 0 Å². The molecule has 2 heterocycles. The van der Waals surface area contributed by atoms with Gasteiger partial charge in [-0.1, -0.05) is 34.1 Å². The van der Waals surface area contributed by atoms with Crippen LogP contribution in [0.2, 0.25) is 0 Å². The Morgan fingerprint density at radius 3 is 2.78 bits per heavy atom. The number of primary sulfonamides is 1. The number of nitrogens with two attached hydrogens (primary N) is 1. The number of ether oxygens (including phenoxy) is 1. The molecule has 0 saturated carbocycles. The third kappa shape index (κ3) is 3.55. The first-order chi connectivity index (χ1) is 11.0. The van der Waals surface area contributed by atoms with E-state index in [0.29, 0.717) is 25.5 Å². The van der Waals surface area contributed by atoms with E-state index in [2.05, 4.69) is 20.9 Å². The Hall–Kier alpha value is -1.48. The highest BCUT2D eigenvalue weighted by molar-refractivity contribution is 9.10. The fraction of sp³-hybridized carbons (Fsp3) is 0.267. The number of pyridine rings is 1. The molecular weight excluding hydrogens is 382 g/mol. The molecule has 1 fully saturated rings. The van der Waals surface area contributed by atoms with E-state index >= 15 is 0 Å². The lowest BCUT2D eigenvalue weighted by molar-refractivity contribution is 0.0389. The summed E-state index contributed by atoms with van der Waals surface area (Å²) >= 11 is 3.52. The SMILES string of the molecule is NS(=O)(=O)c1cccnc1N1CCO[C@@H](c2ccccc2Br)C1. The van der Waals surface area contributed by atoms with Gasteiger partial charge in [-0.2, -0.15) is 0 Å². The summed E-state index contributed by atoms with van der Waals surface area (Å²) in [6, 6.07) is 10.9. The monoisotopic (exact) mass is 397 g/mol. The second-order valence-electron chi connectivity index (χ2n) is 5.20. The van der Waals surface area contributed by atoms with Gasteiger partial charge < -0.3 is 9.64 Å². The van der Waals surface area contributed by atoms with Crippen LogP contribution >= 0.6 is 15.9 Å². The molecule has 6 nitrogen and oxygen atoms in total. The van der Waals surface area contributed by atoms with E-state index in [4.69, 9.17) is 9.88 Å². The van der Waals surface area contributed by atoms with Crippen molar-refractivity contribution in [3.8, 4) is 0 Å². The van der Waals surface area contributed by atoms with Gasteiger partial charge in [0.15, 0.2) is 0 Å². The number of rotatable bonds is 3. The summed E-state index contributed by atoms with van der Waals surface area (Å²) in [4.78, 5) is 6.15. The molecule has 2 aromatic rings. The van der Waals surface area contributed by atoms with Gasteiger partial charge in [0.2, 0.25) is 10.0 Å². The molecule has 2 N–H and O–H groups in total. The highest BCUT2D eigenvalue weighted by atomic mass is 79.9. The first-order valence-corrected chi connectivity index (χ1v) is 9.39. The average molecular weight is 398 g/mol. The summed E-state index contributed by atoms with van der Waals surface area (Å²) in [5.74, 6) is 0.371. The normalized spacial score (nSPS) is 18.9. The number of aromatic nitrogens is 1. The molecule has 0 amide bonds. The van der Waals surface area contributed by atoms with E-state index in [1.807, 2.05) is 29.2 Å². The van der Waals surface area contributed by atoms with E-state index in [0.717, 1.165) is 10.0 Å². The molecule has 0 unspecified atom stereocenters. The summed E-state index contributed by atoms with van der Waals surface area (Å²) in [6.07, 6.45) is 1.39. The summed E-state index contributed by atoms with van der Waals surface area (Å²) in [5.41, 5.74) is 1.02. The Bertz CT molecular complexity index is 813. The van der Waals surface area contributed by atoms with E-state index in [-0.39, 0.29) is 11.0 Å². The molecule has 1 atom stereocenters. The average Bonchev–Trinajstić information content (AvgIpc) is 2.55. The smallest absolute Gasteiger partial charge is 0.241 e. The van der Waals surface area contributed by atoms with Crippen molar-refractivity contribution in [2.45, 2.75) is 11.0 Å². The van der Waals surface area contributed by atoms with E-state index in [1.54, 1.807) is 12.3 Å². The van der Waals surface area contributed by atoms with Gasteiger partial charge in [-0.3, -0.25) is 0 Å². The third-order valence-corrected chi connectivity index (χ3v) is 5.33. The van der Waals surface area contributed by atoms with Crippen molar-refractivity contribution in [1.29, 1.82) is 0 Å². The quantitative estimate of drug-likeness (QED) is 0.856. The molecule has 0 aliphatic carbocycles. The van der Waals surface area contributed by atoms with Crippen LogP contribution in [0.1, 0.15) is 11.7 Å². The highest BCUT2D eigenvalue weighted by Crippen LogP contribution is 2.31. The van der Waals surface area contributed by atoms with Gasteiger partial charge in [0.05, 0.1) is 6.61 Å². The zero-order valence-corrected chi connectivity index (χ0v) is 14.6. The maximum Gasteiger partial charge on any atom is 0.241 e. The largest absolute Gasteiger partial charge is 0.370 e. The minimum Gasteiger partial charge on any atom is -0.370 e. The molecule has 0 spiro atoms. The fourth-order valence-electron chi connectivity index (χ4n) is 2.61. The van der Waals surface area contributed by atoms with Gasteiger partial charge in [-0.25, -0.2) is 18.5 Å². The molecule has 23 heavy (non-hydrogen) atoms. The third-order valence-electron chi connectivity index (χ3n) is 3.68. The first kappa shape index (κ1) is 16.4. The predicted molar refractivity (Wildman–Crippen MR) is 90.7 cm³/mol. The van der Waals surface area contributed by atoms with Crippen LogP contribution in [0.15, 0.2) is 52.0 Å². The molecule has 0 bridgehead atoms. The number of benzene rings is 1. The molecule has 1 aromatic carbocycles. The Kier molecular flexibility index (Phi) is 4.67. The second kappa shape index (κ2) is 6.56. The maximum absolute atomic E-state index is 11.8. The maximum atomic E-state index is 11.8. The topological polar surface area (TPSA) is 85.5 Å². The van der Waals surface area contributed by atoms with Crippen molar-refractivity contribution in [1.82, 2.24) is 4.98 Å². The molecule has 0 radical (unpaired) electrons. The van der Waals surface area contributed by atoms with E-state index in [1.165, 1.54) is 6.07 Å². The van der Waals surface area contributed by atoms with Crippen molar-refractivity contribution in [3.05, 3.63) is 52.6 Å². The number of morpholine rings is 1. The lowest BCUT2D eigenvalue weighted by atomic mass is 10.1. The zero-order chi connectivity index (χ0) is 16.4. The summed E-state index contributed by atoms with van der Waals surface area (Å²) in [7, 11) is -3.83. The lowest BCUT2D eigenvalue weighted by Crippen LogP contribution is -2.40. The number of sulfonamides is 1. The number of hydrogen-bond acceptors (Lipinski definition) is 5. The molecule has 8 heteroatoms. The number of hydrogen-bond donors (Lipinski definition) is 1. The Balaban J connectivity index is 1.93. The van der Waals surface area contributed by atoms with Crippen LogP contribution in [-0.2, 0) is 14.8 Å². The van der Waals surface area contributed by atoms with Crippen molar-refractivity contribution in [2.24, 2.45) is 5.14 Å². The second-order valence-corrected chi connectivity index (χ2v) is 7.58.